The van der Waals surface area contributed by atoms with Crippen LogP contribution in [-0.4, -0.2) is 64.9 Å². The van der Waals surface area contributed by atoms with Crippen molar-refractivity contribution in [3.8, 4) is 0 Å². The summed E-state index contributed by atoms with van der Waals surface area (Å²) < 4.78 is 0. The van der Waals surface area contributed by atoms with E-state index >= 15 is 0 Å². The van der Waals surface area contributed by atoms with Gasteiger partial charge in [-0.25, -0.2) is 0 Å². The van der Waals surface area contributed by atoms with Gasteiger partial charge in [-0.15, -0.1) is 0 Å². The Morgan fingerprint density at radius 3 is 2.52 bits per heavy atom. The van der Waals surface area contributed by atoms with E-state index in [-0.39, 0.29) is 5.91 Å². The van der Waals surface area contributed by atoms with Gasteiger partial charge in [0.25, 0.3) is 5.91 Å². The van der Waals surface area contributed by atoms with Gasteiger partial charge < -0.3 is 20.6 Å². The first-order valence-electron chi connectivity index (χ1n) is 7.28. The maximum absolute atomic E-state index is 12.1. The molecule has 2 amide bonds. The van der Waals surface area contributed by atoms with Crippen LogP contribution in [0.2, 0.25) is 0 Å². The zero-order chi connectivity index (χ0) is 16.8. The van der Waals surface area contributed by atoms with Crippen LogP contribution >= 0.6 is 0 Å². The van der Waals surface area contributed by atoms with Crippen molar-refractivity contribution in [3.63, 3.8) is 0 Å². The molecule has 1 saturated heterocycles. The first kappa shape index (κ1) is 16.7. The lowest BCUT2D eigenvalue weighted by Gasteiger charge is -2.31. The van der Waals surface area contributed by atoms with Crippen molar-refractivity contribution in [2.45, 2.75) is 0 Å². The minimum Gasteiger partial charge on any atom is -0.503 e. The second-order valence-electron chi connectivity index (χ2n) is 5.37. The minimum atomic E-state index is -0.909. The largest absolute Gasteiger partial charge is 0.503 e. The molecule has 3 N–H and O–H groups in total. The van der Waals surface area contributed by atoms with Gasteiger partial charge in [0.2, 0.25) is 5.91 Å². The SMILES string of the molecule is CN1CCN(C(=O)C=Cc2ccc(C=C(O)C(N)=O)nc2)CC1. The Labute approximate surface area is 134 Å². The van der Waals surface area contributed by atoms with Crippen LogP contribution in [0.3, 0.4) is 0 Å². The number of carbonyl (C=O) groups excluding carboxylic acids is 2. The van der Waals surface area contributed by atoms with Crippen molar-refractivity contribution < 1.29 is 14.7 Å². The van der Waals surface area contributed by atoms with E-state index in [1.807, 2.05) is 11.9 Å². The highest BCUT2D eigenvalue weighted by molar-refractivity contribution is 5.94. The number of amides is 2. The highest BCUT2D eigenvalue weighted by Crippen LogP contribution is 2.07. The van der Waals surface area contributed by atoms with Crippen LogP contribution in [0, 0.1) is 0 Å². The van der Waals surface area contributed by atoms with Gasteiger partial charge in [-0.2, -0.15) is 0 Å². The molecular weight excluding hydrogens is 296 g/mol. The lowest BCUT2D eigenvalue weighted by molar-refractivity contribution is -0.127. The average Bonchev–Trinajstić information content (AvgIpc) is 2.54. The van der Waals surface area contributed by atoms with Gasteiger partial charge >= 0.3 is 0 Å². The third-order valence-corrected chi connectivity index (χ3v) is 3.58. The predicted octanol–water partition coefficient (Wildman–Crippen LogP) is 0.253. The van der Waals surface area contributed by atoms with Crippen LogP contribution in [-0.2, 0) is 9.59 Å². The molecule has 1 aromatic rings. The number of aliphatic hydroxyl groups is 1. The fourth-order valence-corrected chi connectivity index (χ4v) is 2.11. The summed E-state index contributed by atoms with van der Waals surface area (Å²) in [7, 11) is 2.04. The predicted molar refractivity (Wildman–Crippen MR) is 87.1 cm³/mol. The molecule has 0 bridgehead atoms. The lowest BCUT2D eigenvalue weighted by Crippen LogP contribution is -2.46. The highest BCUT2D eigenvalue weighted by Gasteiger charge is 2.16. The number of rotatable bonds is 4. The average molecular weight is 316 g/mol. The van der Waals surface area contributed by atoms with Crippen LogP contribution in [0.25, 0.3) is 12.2 Å². The van der Waals surface area contributed by atoms with E-state index in [2.05, 4.69) is 9.88 Å². The number of likely N-dealkylation sites (N-methyl/N-ethyl adjacent to an activating group) is 1. The summed E-state index contributed by atoms with van der Waals surface area (Å²) in [6.45, 7) is 3.22. The fraction of sp³-hybridized carbons (Fsp3) is 0.312. The number of hydrogen-bond donors (Lipinski definition) is 2. The topological polar surface area (TPSA) is 99.8 Å². The van der Waals surface area contributed by atoms with Crippen LogP contribution in [0.1, 0.15) is 11.3 Å². The third kappa shape index (κ3) is 4.93. The summed E-state index contributed by atoms with van der Waals surface area (Å²) in [5.74, 6) is -1.48. The number of pyridine rings is 1. The van der Waals surface area contributed by atoms with Crippen molar-refractivity contribution in [2.75, 3.05) is 33.2 Å². The molecule has 0 aliphatic carbocycles. The molecule has 122 valence electrons. The Hall–Kier alpha value is -2.67. The van der Waals surface area contributed by atoms with E-state index < -0.39 is 11.7 Å². The molecule has 1 aliphatic heterocycles. The zero-order valence-corrected chi connectivity index (χ0v) is 13.0. The third-order valence-electron chi connectivity index (χ3n) is 3.58. The van der Waals surface area contributed by atoms with Crippen molar-refractivity contribution >= 4 is 24.0 Å². The number of hydrogen-bond acceptors (Lipinski definition) is 5. The number of aliphatic hydroxyl groups excluding tert-OH is 1. The number of aromatic nitrogens is 1. The molecule has 1 aromatic heterocycles. The fourth-order valence-electron chi connectivity index (χ4n) is 2.11. The first-order valence-corrected chi connectivity index (χ1v) is 7.28. The quantitative estimate of drug-likeness (QED) is 0.613. The van der Waals surface area contributed by atoms with Crippen LogP contribution in [0.4, 0.5) is 0 Å². The number of nitrogens with two attached hydrogens (primary N) is 1. The Kier molecular flexibility index (Phi) is 5.48. The van der Waals surface area contributed by atoms with Crippen LogP contribution < -0.4 is 5.73 Å². The maximum atomic E-state index is 12.1. The molecule has 7 nitrogen and oxygen atoms in total. The summed E-state index contributed by atoms with van der Waals surface area (Å²) in [6, 6.07) is 3.36. The second kappa shape index (κ2) is 7.55. The van der Waals surface area contributed by atoms with E-state index in [1.165, 1.54) is 12.2 Å². The molecule has 0 atom stereocenters. The number of piperazine rings is 1. The number of primary amides is 1. The molecular formula is C16H20N4O3. The Bertz CT molecular complexity index is 629. The normalized spacial score (nSPS) is 16.7. The Morgan fingerprint density at radius 2 is 1.96 bits per heavy atom. The van der Waals surface area contributed by atoms with Crippen LogP contribution in [0.15, 0.2) is 30.2 Å². The molecule has 2 rings (SSSR count). The minimum absolute atomic E-state index is 0.0200. The lowest BCUT2D eigenvalue weighted by atomic mass is 10.2. The number of carbonyl (C=O) groups is 2. The molecule has 0 spiro atoms. The summed E-state index contributed by atoms with van der Waals surface area (Å²) in [6.07, 6.45) is 5.95. The van der Waals surface area contributed by atoms with Crippen molar-refractivity contribution in [3.05, 3.63) is 41.4 Å². The molecule has 0 radical (unpaired) electrons. The van der Waals surface area contributed by atoms with Gasteiger partial charge in [0.1, 0.15) is 0 Å². The maximum Gasteiger partial charge on any atom is 0.283 e. The summed E-state index contributed by atoms with van der Waals surface area (Å²) >= 11 is 0. The molecule has 0 unspecified atom stereocenters. The Balaban J connectivity index is 1.96. The summed E-state index contributed by atoms with van der Waals surface area (Å²) in [5.41, 5.74) is 6.09. The standard InChI is InChI=1S/C16H20N4O3/c1-19-6-8-20(9-7-19)15(22)5-3-12-2-4-13(18-11-12)10-14(21)16(17)23/h2-5,10-11,21H,6-9H2,1H3,(H2,17,23). The van der Waals surface area contributed by atoms with Gasteiger partial charge in [0.05, 0.1) is 5.69 Å². The van der Waals surface area contributed by atoms with E-state index in [0.717, 1.165) is 31.7 Å². The van der Waals surface area contributed by atoms with Crippen LogP contribution in [0.5, 0.6) is 0 Å². The van der Waals surface area contributed by atoms with E-state index in [1.54, 1.807) is 24.4 Å². The molecule has 1 fully saturated rings. The smallest absolute Gasteiger partial charge is 0.283 e. The van der Waals surface area contributed by atoms with Gasteiger partial charge in [-0.3, -0.25) is 14.6 Å². The van der Waals surface area contributed by atoms with E-state index in [9.17, 15) is 14.7 Å². The molecule has 1 aliphatic rings. The first-order chi connectivity index (χ1) is 11.0. The monoisotopic (exact) mass is 316 g/mol. The summed E-state index contributed by atoms with van der Waals surface area (Å²) in [4.78, 5) is 30.9. The highest BCUT2D eigenvalue weighted by atomic mass is 16.3. The Morgan fingerprint density at radius 1 is 1.26 bits per heavy atom. The number of nitrogens with zero attached hydrogens (tertiary/aromatic N) is 3. The summed E-state index contributed by atoms with van der Waals surface area (Å²) in [5, 5.41) is 9.27. The molecule has 0 saturated carbocycles. The van der Waals surface area contributed by atoms with Crippen molar-refractivity contribution in [1.29, 1.82) is 0 Å². The van der Waals surface area contributed by atoms with Gasteiger partial charge in [-0.05, 0) is 24.8 Å². The van der Waals surface area contributed by atoms with Crippen molar-refractivity contribution in [2.24, 2.45) is 5.73 Å². The molecule has 23 heavy (non-hydrogen) atoms. The van der Waals surface area contributed by atoms with E-state index in [0.29, 0.717) is 5.69 Å². The van der Waals surface area contributed by atoms with E-state index in [4.69, 9.17) is 5.73 Å². The van der Waals surface area contributed by atoms with Gasteiger partial charge in [0, 0.05) is 44.5 Å². The molecule has 0 aromatic carbocycles. The van der Waals surface area contributed by atoms with Gasteiger partial charge in [-0.1, -0.05) is 6.07 Å². The van der Waals surface area contributed by atoms with Crippen molar-refractivity contribution in [1.82, 2.24) is 14.8 Å². The van der Waals surface area contributed by atoms with Gasteiger partial charge in [0.15, 0.2) is 5.76 Å². The molecule has 2 heterocycles. The zero-order valence-electron chi connectivity index (χ0n) is 13.0. The molecule has 7 heteroatoms. The second-order valence-corrected chi connectivity index (χ2v) is 5.37.